The van der Waals surface area contributed by atoms with E-state index in [1.165, 1.54) is 19.1 Å². The van der Waals surface area contributed by atoms with Crippen LogP contribution in [0.15, 0.2) is 78.4 Å². The number of methoxy groups -OCH3 is 2. The molecule has 4 rings (SSSR count). The molecule has 0 saturated carbocycles. The van der Waals surface area contributed by atoms with Gasteiger partial charge >= 0.3 is 0 Å². The summed E-state index contributed by atoms with van der Waals surface area (Å²) < 4.78 is 16.9. The molecule has 0 radical (unpaired) electrons. The van der Waals surface area contributed by atoms with Gasteiger partial charge in [-0.3, -0.25) is 9.59 Å². The molecule has 3 aromatic rings. The standard InChI is InChI=1S/C30H32N2O6/c1-31(2)15-16-32-27(26(29(34)30(32)35)28(33)22-11-8-12-23(17-22)36-3)21-13-14-24(25(18-21)37-4)38-19-20-9-6-5-7-10-20/h5-14,17-18,27,33H,15-16,19H2,1-4H3/b28-26+/t27-/m1/s1. The first kappa shape index (κ1) is 26.8. The fourth-order valence-corrected chi connectivity index (χ4v) is 4.40. The lowest BCUT2D eigenvalue weighted by atomic mass is 9.95. The normalized spacial score (nSPS) is 16.7. The lowest BCUT2D eigenvalue weighted by Gasteiger charge is -2.27. The molecule has 1 amide bonds. The van der Waals surface area contributed by atoms with Gasteiger partial charge in [0.05, 0.1) is 25.8 Å². The minimum atomic E-state index is -0.807. The number of rotatable bonds is 10. The molecule has 0 spiro atoms. The second-order valence-electron chi connectivity index (χ2n) is 9.21. The van der Waals surface area contributed by atoms with Crippen LogP contribution in [0.1, 0.15) is 22.7 Å². The SMILES string of the molecule is COc1cccc(/C(O)=C2\C(=O)C(=O)N(CCN(C)C)[C@@H]2c2ccc(OCc3ccccc3)c(OC)c2)c1. The number of ether oxygens (including phenoxy) is 3. The molecule has 8 heteroatoms. The maximum absolute atomic E-state index is 13.3. The Bertz CT molecular complexity index is 1340. The topological polar surface area (TPSA) is 88.5 Å². The molecule has 0 aliphatic carbocycles. The number of hydrogen-bond donors (Lipinski definition) is 1. The summed E-state index contributed by atoms with van der Waals surface area (Å²) in [5.41, 5.74) is 2.03. The highest BCUT2D eigenvalue weighted by Gasteiger charge is 2.46. The fourth-order valence-electron chi connectivity index (χ4n) is 4.40. The van der Waals surface area contributed by atoms with E-state index in [1.54, 1.807) is 42.5 Å². The highest BCUT2D eigenvalue weighted by atomic mass is 16.5. The Hall–Kier alpha value is -4.30. The predicted octanol–water partition coefficient (Wildman–Crippen LogP) is 4.27. The molecule has 1 aliphatic rings. The molecule has 1 aliphatic heterocycles. The number of nitrogens with zero attached hydrogens (tertiary/aromatic N) is 2. The van der Waals surface area contributed by atoms with E-state index >= 15 is 0 Å². The highest BCUT2D eigenvalue weighted by molar-refractivity contribution is 6.46. The van der Waals surface area contributed by atoms with Gasteiger partial charge in [-0.05, 0) is 49.5 Å². The number of ketones is 1. The van der Waals surface area contributed by atoms with Crippen molar-refractivity contribution in [3.63, 3.8) is 0 Å². The molecule has 0 aromatic heterocycles. The van der Waals surface area contributed by atoms with E-state index in [9.17, 15) is 14.7 Å². The number of carbonyl (C=O) groups excluding carboxylic acids is 2. The van der Waals surface area contributed by atoms with Crippen LogP contribution in [-0.4, -0.2) is 68.0 Å². The van der Waals surface area contributed by atoms with Gasteiger partial charge in [0.2, 0.25) is 0 Å². The van der Waals surface area contributed by atoms with E-state index < -0.39 is 17.7 Å². The van der Waals surface area contributed by atoms with Crippen molar-refractivity contribution in [2.24, 2.45) is 0 Å². The number of aliphatic hydroxyl groups excluding tert-OH is 1. The van der Waals surface area contributed by atoms with Crippen molar-refractivity contribution in [2.75, 3.05) is 41.4 Å². The molecule has 1 heterocycles. The van der Waals surface area contributed by atoms with Crippen molar-refractivity contribution < 1.29 is 28.9 Å². The van der Waals surface area contributed by atoms with E-state index in [-0.39, 0.29) is 11.3 Å². The average Bonchev–Trinajstić information content (AvgIpc) is 3.20. The summed E-state index contributed by atoms with van der Waals surface area (Å²) in [6, 6.07) is 21.0. The molecule has 3 aromatic carbocycles. The number of hydrogen-bond acceptors (Lipinski definition) is 7. The first-order valence-electron chi connectivity index (χ1n) is 12.3. The zero-order chi connectivity index (χ0) is 27.2. The van der Waals surface area contributed by atoms with E-state index in [1.807, 2.05) is 49.3 Å². The van der Waals surface area contributed by atoms with Crippen molar-refractivity contribution in [2.45, 2.75) is 12.6 Å². The Morgan fingerprint density at radius 3 is 2.37 bits per heavy atom. The van der Waals surface area contributed by atoms with Crippen LogP contribution in [-0.2, 0) is 16.2 Å². The summed E-state index contributed by atoms with van der Waals surface area (Å²) >= 11 is 0. The number of amides is 1. The molecular formula is C30H32N2O6. The molecule has 1 saturated heterocycles. The van der Waals surface area contributed by atoms with Crippen LogP contribution in [0.25, 0.3) is 5.76 Å². The van der Waals surface area contributed by atoms with Crippen molar-refractivity contribution in [3.8, 4) is 17.2 Å². The molecule has 198 valence electrons. The summed E-state index contributed by atoms with van der Waals surface area (Å²) in [5.74, 6) is -0.157. The smallest absolute Gasteiger partial charge is 0.295 e. The molecule has 1 fully saturated rings. The van der Waals surface area contributed by atoms with Crippen LogP contribution in [0.2, 0.25) is 0 Å². The predicted molar refractivity (Wildman–Crippen MR) is 144 cm³/mol. The first-order valence-corrected chi connectivity index (χ1v) is 12.3. The maximum Gasteiger partial charge on any atom is 0.295 e. The second kappa shape index (κ2) is 11.8. The molecule has 38 heavy (non-hydrogen) atoms. The zero-order valence-corrected chi connectivity index (χ0v) is 22.0. The van der Waals surface area contributed by atoms with Gasteiger partial charge in [-0.1, -0.05) is 48.5 Å². The van der Waals surface area contributed by atoms with Crippen molar-refractivity contribution in [1.82, 2.24) is 9.80 Å². The van der Waals surface area contributed by atoms with Gasteiger partial charge in [0.25, 0.3) is 11.7 Å². The van der Waals surface area contributed by atoms with Crippen LogP contribution >= 0.6 is 0 Å². The average molecular weight is 517 g/mol. The second-order valence-corrected chi connectivity index (χ2v) is 9.21. The third-order valence-corrected chi connectivity index (χ3v) is 6.41. The minimum Gasteiger partial charge on any atom is -0.507 e. The lowest BCUT2D eigenvalue weighted by Crippen LogP contribution is -2.35. The largest absolute Gasteiger partial charge is 0.507 e. The number of likely N-dealkylation sites (N-methyl/N-ethyl adjacent to an activating group) is 1. The Kier molecular flexibility index (Phi) is 8.33. The number of benzene rings is 3. The van der Waals surface area contributed by atoms with E-state index in [0.717, 1.165) is 5.56 Å². The molecule has 0 unspecified atom stereocenters. The van der Waals surface area contributed by atoms with Gasteiger partial charge in [0.15, 0.2) is 11.5 Å². The van der Waals surface area contributed by atoms with Gasteiger partial charge in [0, 0.05) is 18.7 Å². The number of Topliss-reactive ketones (excluding diaryl/α,β-unsaturated/α-hetero) is 1. The molecular weight excluding hydrogens is 484 g/mol. The van der Waals surface area contributed by atoms with Crippen molar-refractivity contribution in [1.29, 1.82) is 0 Å². The fraction of sp³-hybridized carbons (Fsp3) is 0.267. The van der Waals surface area contributed by atoms with Crippen LogP contribution < -0.4 is 14.2 Å². The Balaban J connectivity index is 1.76. The van der Waals surface area contributed by atoms with Gasteiger partial charge in [-0.15, -0.1) is 0 Å². The summed E-state index contributed by atoms with van der Waals surface area (Å²) in [6.07, 6.45) is 0. The van der Waals surface area contributed by atoms with Gasteiger partial charge < -0.3 is 29.1 Å². The number of likely N-dealkylation sites (tertiary alicyclic amines) is 1. The summed E-state index contributed by atoms with van der Waals surface area (Å²) in [5, 5.41) is 11.3. The Morgan fingerprint density at radius 2 is 1.68 bits per heavy atom. The minimum absolute atomic E-state index is 0.0158. The number of carbonyl (C=O) groups is 2. The van der Waals surface area contributed by atoms with Crippen LogP contribution in [0, 0.1) is 0 Å². The van der Waals surface area contributed by atoms with E-state index in [0.29, 0.717) is 48.1 Å². The van der Waals surface area contributed by atoms with Gasteiger partial charge in [0.1, 0.15) is 18.1 Å². The van der Waals surface area contributed by atoms with Crippen LogP contribution in [0.3, 0.4) is 0 Å². The quantitative estimate of drug-likeness (QED) is 0.245. The molecule has 0 bridgehead atoms. The Morgan fingerprint density at radius 1 is 0.921 bits per heavy atom. The Labute approximate surface area is 222 Å². The van der Waals surface area contributed by atoms with Crippen LogP contribution in [0.5, 0.6) is 17.2 Å². The monoisotopic (exact) mass is 516 g/mol. The third-order valence-electron chi connectivity index (χ3n) is 6.41. The third kappa shape index (κ3) is 5.65. The molecule has 8 nitrogen and oxygen atoms in total. The number of aliphatic hydroxyl groups is 1. The summed E-state index contributed by atoms with van der Waals surface area (Å²) in [4.78, 5) is 29.9. The molecule has 1 atom stereocenters. The maximum atomic E-state index is 13.3. The summed E-state index contributed by atoms with van der Waals surface area (Å²) in [6.45, 7) is 1.19. The lowest BCUT2D eigenvalue weighted by molar-refractivity contribution is -0.140. The van der Waals surface area contributed by atoms with Crippen molar-refractivity contribution >= 4 is 17.4 Å². The first-order chi connectivity index (χ1) is 18.3. The van der Waals surface area contributed by atoms with Gasteiger partial charge in [-0.2, -0.15) is 0 Å². The van der Waals surface area contributed by atoms with Crippen molar-refractivity contribution in [3.05, 3.63) is 95.1 Å². The van der Waals surface area contributed by atoms with E-state index in [4.69, 9.17) is 14.2 Å². The van der Waals surface area contributed by atoms with Crippen LogP contribution in [0.4, 0.5) is 0 Å². The summed E-state index contributed by atoms with van der Waals surface area (Å²) in [7, 11) is 6.84. The van der Waals surface area contributed by atoms with Gasteiger partial charge in [-0.25, -0.2) is 0 Å². The van der Waals surface area contributed by atoms with E-state index in [2.05, 4.69) is 0 Å². The zero-order valence-electron chi connectivity index (χ0n) is 22.0. The molecule has 1 N–H and O–H groups in total. The highest BCUT2D eigenvalue weighted by Crippen LogP contribution is 2.42.